The molecule has 0 unspecified atom stereocenters. The molecule has 0 spiro atoms. The van der Waals surface area contributed by atoms with Crippen molar-refractivity contribution < 1.29 is 17.9 Å². The van der Waals surface area contributed by atoms with E-state index < -0.39 is 10.0 Å². The molecular formula is C23H37BrN2O4S. The SMILES string of the molecule is CN([C@H]1CC[C@H](OCCCCCCN2CCOCC2)CC1)S(=O)(=O)c1ccc(Br)cc1. The first kappa shape index (κ1) is 25.1. The molecule has 1 aliphatic heterocycles. The second kappa shape index (κ2) is 12.7. The summed E-state index contributed by atoms with van der Waals surface area (Å²) >= 11 is 3.36. The number of rotatable bonds is 11. The summed E-state index contributed by atoms with van der Waals surface area (Å²) in [6, 6.07) is 6.91. The van der Waals surface area contributed by atoms with Gasteiger partial charge in [0.15, 0.2) is 0 Å². The van der Waals surface area contributed by atoms with Gasteiger partial charge in [0.1, 0.15) is 0 Å². The zero-order chi connectivity index (χ0) is 22.1. The van der Waals surface area contributed by atoms with E-state index in [1.165, 1.54) is 25.8 Å². The normalized spacial score (nSPS) is 23.3. The lowest BCUT2D eigenvalue weighted by Gasteiger charge is -2.34. The van der Waals surface area contributed by atoms with Crippen molar-refractivity contribution in [2.24, 2.45) is 0 Å². The standard InChI is InChI=1S/C23H37BrN2O4S/c1-25(31(27,28)23-12-6-20(24)7-13-23)21-8-10-22(11-9-21)30-17-5-3-2-4-14-26-15-18-29-19-16-26/h6-7,12-13,21-22H,2-5,8-11,14-19H2,1H3/t21-,22-. The van der Waals surface area contributed by atoms with E-state index in [0.29, 0.717) is 4.90 Å². The highest BCUT2D eigenvalue weighted by molar-refractivity contribution is 9.10. The van der Waals surface area contributed by atoms with Crippen LogP contribution < -0.4 is 0 Å². The van der Waals surface area contributed by atoms with Gasteiger partial charge in [-0.15, -0.1) is 0 Å². The van der Waals surface area contributed by atoms with Crippen molar-refractivity contribution >= 4 is 26.0 Å². The van der Waals surface area contributed by atoms with E-state index in [2.05, 4.69) is 20.8 Å². The van der Waals surface area contributed by atoms with Gasteiger partial charge in [-0.1, -0.05) is 28.8 Å². The molecular weight excluding hydrogens is 480 g/mol. The summed E-state index contributed by atoms with van der Waals surface area (Å²) in [7, 11) is -1.74. The van der Waals surface area contributed by atoms with Crippen molar-refractivity contribution in [2.75, 3.05) is 46.5 Å². The van der Waals surface area contributed by atoms with Crippen LogP contribution in [0, 0.1) is 0 Å². The predicted octanol–water partition coefficient (Wildman–Crippen LogP) is 4.29. The monoisotopic (exact) mass is 516 g/mol. The van der Waals surface area contributed by atoms with Gasteiger partial charge in [0, 0.05) is 37.3 Å². The van der Waals surface area contributed by atoms with Gasteiger partial charge in [-0.2, -0.15) is 4.31 Å². The highest BCUT2D eigenvalue weighted by atomic mass is 79.9. The predicted molar refractivity (Wildman–Crippen MR) is 127 cm³/mol. The molecule has 2 fully saturated rings. The van der Waals surface area contributed by atoms with E-state index in [1.54, 1.807) is 35.6 Å². The number of ether oxygens (including phenoxy) is 2. The van der Waals surface area contributed by atoms with Crippen LogP contribution in [0.1, 0.15) is 51.4 Å². The topological polar surface area (TPSA) is 59.1 Å². The van der Waals surface area contributed by atoms with E-state index in [-0.39, 0.29) is 12.1 Å². The zero-order valence-electron chi connectivity index (χ0n) is 18.7. The Morgan fingerprint density at radius 2 is 1.68 bits per heavy atom. The van der Waals surface area contributed by atoms with Gasteiger partial charge in [-0.05, 0) is 69.3 Å². The van der Waals surface area contributed by atoms with E-state index in [9.17, 15) is 8.42 Å². The highest BCUT2D eigenvalue weighted by Gasteiger charge is 2.31. The molecule has 0 aromatic heterocycles. The van der Waals surface area contributed by atoms with E-state index in [4.69, 9.17) is 9.47 Å². The lowest BCUT2D eigenvalue weighted by Crippen LogP contribution is -2.40. The lowest BCUT2D eigenvalue weighted by molar-refractivity contribution is 0.0153. The second-order valence-electron chi connectivity index (χ2n) is 8.64. The average Bonchev–Trinajstić information content (AvgIpc) is 2.79. The van der Waals surface area contributed by atoms with E-state index in [0.717, 1.165) is 69.5 Å². The molecule has 31 heavy (non-hydrogen) atoms. The molecule has 1 aromatic carbocycles. The van der Waals surface area contributed by atoms with Gasteiger partial charge < -0.3 is 9.47 Å². The maximum atomic E-state index is 12.9. The van der Waals surface area contributed by atoms with Gasteiger partial charge in [-0.3, -0.25) is 4.90 Å². The minimum absolute atomic E-state index is 0.0497. The Labute approximate surface area is 196 Å². The highest BCUT2D eigenvalue weighted by Crippen LogP contribution is 2.28. The van der Waals surface area contributed by atoms with Gasteiger partial charge >= 0.3 is 0 Å². The fourth-order valence-electron chi connectivity index (χ4n) is 4.41. The summed E-state index contributed by atoms with van der Waals surface area (Å²) in [5.41, 5.74) is 0. The Balaban J connectivity index is 1.28. The number of sulfonamides is 1. The van der Waals surface area contributed by atoms with Crippen molar-refractivity contribution in [3.05, 3.63) is 28.7 Å². The van der Waals surface area contributed by atoms with E-state index in [1.807, 2.05) is 0 Å². The van der Waals surface area contributed by atoms with E-state index >= 15 is 0 Å². The Hall–Kier alpha value is -0.510. The molecule has 0 amide bonds. The van der Waals surface area contributed by atoms with Crippen LogP contribution in [0.4, 0.5) is 0 Å². The fraction of sp³-hybridized carbons (Fsp3) is 0.739. The molecule has 0 N–H and O–H groups in total. The second-order valence-corrected chi connectivity index (χ2v) is 11.6. The van der Waals surface area contributed by atoms with Gasteiger partial charge in [0.2, 0.25) is 10.0 Å². The van der Waals surface area contributed by atoms with Gasteiger partial charge in [0.25, 0.3) is 0 Å². The number of benzene rings is 1. The molecule has 6 nitrogen and oxygen atoms in total. The van der Waals surface area contributed by atoms with Crippen LogP contribution in [0.3, 0.4) is 0 Å². The smallest absolute Gasteiger partial charge is 0.243 e. The molecule has 8 heteroatoms. The molecule has 3 rings (SSSR count). The number of halogens is 1. The molecule has 0 bridgehead atoms. The number of morpholine rings is 1. The maximum Gasteiger partial charge on any atom is 0.243 e. The third-order valence-corrected chi connectivity index (χ3v) is 8.93. The Morgan fingerprint density at radius 3 is 2.35 bits per heavy atom. The minimum Gasteiger partial charge on any atom is -0.379 e. The van der Waals surface area contributed by atoms with Crippen LogP contribution in [0.5, 0.6) is 0 Å². The summed E-state index contributed by atoms with van der Waals surface area (Å²) in [6.07, 6.45) is 8.69. The van der Waals surface area contributed by atoms with Gasteiger partial charge in [0.05, 0.1) is 24.2 Å². The van der Waals surface area contributed by atoms with Crippen LogP contribution in [0.15, 0.2) is 33.6 Å². The van der Waals surface area contributed by atoms with Crippen molar-refractivity contribution in [1.29, 1.82) is 0 Å². The molecule has 1 heterocycles. The van der Waals surface area contributed by atoms with Crippen LogP contribution in [0.2, 0.25) is 0 Å². The fourth-order valence-corrected chi connectivity index (χ4v) is 6.09. The Morgan fingerprint density at radius 1 is 1.03 bits per heavy atom. The number of hydrogen-bond donors (Lipinski definition) is 0. The Bertz CT molecular complexity index is 745. The van der Waals surface area contributed by atoms with Crippen molar-refractivity contribution in [2.45, 2.75) is 68.4 Å². The summed E-state index contributed by atoms with van der Waals surface area (Å²) in [6.45, 7) is 5.91. The van der Waals surface area contributed by atoms with Crippen molar-refractivity contribution in [3.63, 3.8) is 0 Å². The summed E-state index contributed by atoms with van der Waals surface area (Å²) in [4.78, 5) is 2.84. The largest absolute Gasteiger partial charge is 0.379 e. The Kier molecular flexibility index (Phi) is 10.3. The molecule has 1 saturated heterocycles. The summed E-state index contributed by atoms with van der Waals surface area (Å²) in [5.74, 6) is 0. The van der Waals surface area contributed by atoms with Crippen LogP contribution >= 0.6 is 15.9 Å². The van der Waals surface area contributed by atoms with Crippen molar-refractivity contribution in [3.8, 4) is 0 Å². The molecule has 2 aliphatic rings. The molecule has 176 valence electrons. The first-order valence-electron chi connectivity index (χ1n) is 11.6. The molecule has 0 atom stereocenters. The summed E-state index contributed by atoms with van der Waals surface area (Å²) in [5, 5.41) is 0. The third-order valence-electron chi connectivity index (χ3n) is 6.47. The van der Waals surface area contributed by atoms with Gasteiger partial charge in [-0.25, -0.2) is 8.42 Å². The quantitative estimate of drug-likeness (QED) is 0.410. The number of nitrogens with zero attached hydrogens (tertiary/aromatic N) is 2. The van der Waals surface area contributed by atoms with Crippen LogP contribution in [-0.2, 0) is 19.5 Å². The first-order valence-corrected chi connectivity index (χ1v) is 13.9. The first-order chi connectivity index (χ1) is 15.0. The van der Waals surface area contributed by atoms with Crippen LogP contribution in [0.25, 0.3) is 0 Å². The van der Waals surface area contributed by atoms with Crippen LogP contribution in [-0.4, -0.2) is 76.3 Å². The summed E-state index contributed by atoms with van der Waals surface area (Å²) < 4.78 is 39.7. The molecule has 1 saturated carbocycles. The molecule has 1 aliphatic carbocycles. The minimum atomic E-state index is -3.45. The maximum absolute atomic E-state index is 12.9. The lowest BCUT2D eigenvalue weighted by atomic mass is 9.93. The molecule has 0 radical (unpaired) electrons. The number of unbranched alkanes of at least 4 members (excludes halogenated alkanes) is 3. The molecule has 1 aromatic rings. The number of hydrogen-bond acceptors (Lipinski definition) is 5. The van der Waals surface area contributed by atoms with Crippen molar-refractivity contribution in [1.82, 2.24) is 9.21 Å². The zero-order valence-corrected chi connectivity index (χ0v) is 21.1. The third kappa shape index (κ3) is 7.79. The average molecular weight is 518 g/mol.